The summed E-state index contributed by atoms with van der Waals surface area (Å²) < 4.78 is 0. The molecule has 1 nitrogen and oxygen atoms in total. The highest BCUT2D eigenvalue weighted by Gasteiger charge is 2.01. The van der Waals surface area contributed by atoms with Gasteiger partial charge in [-0.25, -0.2) is 0 Å². The molecular weight excluding hydrogens is 238 g/mol. The lowest BCUT2D eigenvalue weighted by molar-refractivity contribution is 0.723. The van der Waals surface area contributed by atoms with E-state index < -0.39 is 0 Å². The Balaban J connectivity index is 2.09. The molecule has 0 aliphatic carbocycles. The second kappa shape index (κ2) is 6.62. The third kappa shape index (κ3) is 3.62. The van der Waals surface area contributed by atoms with E-state index in [0.717, 1.165) is 13.1 Å². The number of benzene rings is 2. The molecule has 2 rings (SSSR count). The van der Waals surface area contributed by atoms with Crippen LogP contribution in [0.15, 0.2) is 58.3 Å². The van der Waals surface area contributed by atoms with Crippen LogP contribution in [0, 0.1) is 6.92 Å². The molecule has 0 aromatic heterocycles. The second-order valence-electron chi connectivity index (χ2n) is 4.28. The number of hydrogen-bond donors (Lipinski definition) is 1. The quantitative estimate of drug-likeness (QED) is 0.859. The SMILES string of the molecule is CCNCc1ccc(Sc2ccccc2)cc1C. The third-order valence-corrected chi connectivity index (χ3v) is 3.86. The van der Waals surface area contributed by atoms with Crippen LogP contribution in [0.2, 0.25) is 0 Å². The van der Waals surface area contributed by atoms with E-state index in [0.29, 0.717) is 0 Å². The Kier molecular flexibility index (Phi) is 4.85. The summed E-state index contributed by atoms with van der Waals surface area (Å²) in [6, 6.07) is 17.2. The first kappa shape index (κ1) is 13.2. The number of nitrogens with one attached hydrogen (secondary N) is 1. The molecule has 0 bridgehead atoms. The first-order chi connectivity index (χ1) is 8.79. The van der Waals surface area contributed by atoms with E-state index in [-0.39, 0.29) is 0 Å². The summed E-state index contributed by atoms with van der Waals surface area (Å²) in [5, 5.41) is 3.37. The molecule has 2 aromatic rings. The number of hydrogen-bond acceptors (Lipinski definition) is 2. The molecule has 0 amide bonds. The molecule has 0 saturated carbocycles. The highest BCUT2D eigenvalue weighted by Crippen LogP contribution is 2.28. The summed E-state index contributed by atoms with van der Waals surface area (Å²) in [5.74, 6) is 0. The van der Waals surface area contributed by atoms with Gasteiger partial charge in [-0.3, -0.25) is 0 Å². The van der Waals surface area contributed by atoms with Crippen LogP contribution in [-0.4, -0.2) is 6.54 Å². The smallest absolute Gasteiger partial charge is 0.0208 e. The van der Waals surface area contributed by atoms with Crippen LogP contribution >= 0.6 is 11.8 Å². The maximum Gasteiger partial charge on any atom is 0.0208 e. The van der Waals surface area contributed by atoms with Crippen molar-refractivity contribution in [1.29, 1.82) is 0 Å². The zero-order valence-corrected chi connectivity index (χ0v) is 11.8. The van der Waals surface area contributed by atoms with Crippen molar-refractivity contribution in [2.75, 3.05) is 6.54 Å². The number of rotatable bonds is 5. The fraction of sp³-hybridized carbons (Fsp3) is 0.250. The van der Waals surface area contributed by atoms with Gasteiger partial charge in [0.05, 0.1) is 0 Å². The van der Waals surface area contributed by atoms with Crippen molar-refractivity contribution in [2.45, 2.75) is 30.2 Å². The Morgan fingerprint density at radius 1 is 1.00 bits per heavy atom. The van der Waals surface area contributed by atoms with E-state index in [4.69, 9.17) is 0 Å². The highest BCUT2D eigenvalue weighted by molar-refractivity contribution is 7.99. The number of aryl methyl sites for hydroxylation is 1. The Morgan fingerprint density at radius 3 is 2.44 bits per heavy atom. The topological polar surface area (TPSA) is 12.0 Å². The molecule has 2 aromatic carbocycles. The molecule has 2 heteroatoms. The third-order valence-electron chi connectivity index (χ3n) is 2.86. The molecule has 0 saturated heterocycles. The molecule has 18 heavy (non-hydrogen) atoms. The van der Waals surface area contributed by atoms with Gasteiger partial charge in [-0.2, -0.15) is 0 Å². The Bertz CT molecular complexity index is 494. The maximum atomic E-state index is 3.37. The van der Waals surface area contributed by atoms with Crippen molar-refractivity contribution in [2.24, 2.45) is 0 Å². The van der Waals surface area contributed by atoms with Crippen molar-refractivity contribution in [3.63, 3.8) is 0 Å². The van der Waals surface area contributed by atoms with E-state index >= 15 is 0 Å². The molecule has 0 spiro atoms. The van der Waals surface area contributed by atoms with Crippen molar-refractivity contribution in [1.82, 2.24) is 5.32 Å². The van der Waals surface area contributed by atoms with Crippen LogP contribution in [-0.2, 0) is 6.54 Å². The predicted molar refractivity (Wildman–Crippen MR) is 79.1 cm³/mol. The molecule has 0 unspecified atom stereocenters. The van der Waals surface area contributed by atoms with Gasteiger partial charge in [-0.15, -0.1) is 0 Å². The van der Waals surface area contributed by atoms with Gasteiger partial charge in [0.1, 0.15) is 0 Å². The van der Waals surface area contributed by atoms with Gasteiger partial charge >= 0.3 is 0 Å². The summed E-state index contributed by atoms with van der Waals surface area (Å²) in [4.78, 5) is 2.59. The van der Waals surface area contributed by atoms with E-state index in [9.17, 15) is 0 Å². The second-order valence-corrected chi connectivity index (χ2v) is 5.43. The summed E-state index contributed by atoms with van der Waals surface area (Å²) in [6.45, 7) is 6.29. The first-order valence-electron chi connectivity index (χ1n) is 6.32. The van der Waals surface area contributed by atoms with Crippen LogP contribution < -0.4 is 5.32 Å². The molecule has 0 fully saturated rings. The first-order valence-corrected chi connectivity index (χ1v) is 7.14. The van der Waals surface area contributed by atoms with E-state index in [2.05, 4.69) is 67.7 Å². The molecule has 94 valence electrons. The molecule has 0 heterocycles. The predicted octanol–water partition coefficient (Wildman–Crippen LogP) is 4.26. The maximum absolute atomic E-state index is 3.37. The molecular formula is C16H19NS. The lowest BCUT2D eigenvalue weighted by Gasteiger charge is -2.09. The van der Waals surface area contributed by atoms with Crippen LogP contribution in [0.1, 0.15) is 18.1 Å². The lowest BCUT2D eigenvalue weighted by atomic mass is 10.1. The standard InChI is InChI=1S/C16H19NS/c1-3-17-12-14-9-10-16(11-13(14)2)18-15-7-5-4-6-8-15/h4-11,17H,3,12H2,1-2H3. The van der Waals surface area contributed by atoms with Crippen molar-refractivity contribution >= 4 is 11.8 Å². The van der Waals surface area contributed by atoms with Crippen LogP contribution in [0.4, 0.5) is 0 Å². The van der Waals surface area contributed by atoms with Gasteiger partial charge in [0.2, 0.25) is 0 Å². The van der Waals surface area contributed by atoms with Gasteiger partial charge < -0.3 is 5.32 Å². The molecule has 0 aliphatic heterocycles. The molecule has 1 N–H and O–H groups in total. The molecule has 0 radical (unpaired) electrons. The van der Waals surface area contributed by atoms with Crippen LogP contribution in [0.25, 0.3) is 0 Å². The van der Waals surface area contributed by atoms with Crippen molar-refractivity contribution in [3.8, 4) is 0 Å². The minimum absolute atomic E-state index is 0.957. The van der Waals surface area contributed by atoms with Crippen LogP contribution in [0.5, 0.6) is 0 Å². The van der Waals surface area contributed by atoms with Gasteiger partial charge in [0.15, 0.2) is 0 Å². The normalized spacial score (nSPS) is 10.6. The average molecular weight is 257 g/mol. The minimum atomic E-state index is 0.957. The average Bonchev–Trinajstić information content (AvgIpc) is 2.39. The molecule has 0 atom stereocenters. The van der Waals surface area contributed by atoms with E-state index in [1.165, 1.54) is 20.9 Å². The Labute approximate surface area is 114 Å². The highest BCUT2D eigenvalue weighted by atomic mass is 32.2. The minimum Gasteiger partial charge on any atom is -0.313 e. The van der Waals surface area contributed by atoms with Gasteiger partial charge in [0, 0.05) is 16.3 Å². The van der Waals surface area contributed by atoms with Crippen molar-refractivity contribution in [3.05, 3.63) is 59.7 Å². The largest absolute Gasteiger partial charge is 0.313 e. The van der Waals surface area contributed by atoms with Gasteiger partial charge in [-0.1, -0.05) is 43.0 Å². The van der Waals surface area contributed by atoms with Gasteiger partial charge in [0.25, 0.3) is 0 Å². The Hall–Kier alpha value is -1.25. The van der Waals surface area contributed by atoms with Crippen molar-refractivity contribution < 1.29 is 0 Å². The van der Waals surface area contributed by atoms with Gasteiger partial charge in [-0.05, 0) is 48.9 Å². The lowest BCUT2D eigenvalue weighted by Crippen LogP contribution is -2.12. The Morgan fingerprint density at radius 2 is 1.78 bits per heavy atom. The molecule has 0 aliphatic rings. The summed E-state index contributed by atoms with van der Waals surface area (Å²) in [6.07, 6.45) is 0. The summed E-state index contributed by atoms with van der Waals surface area (Å²) in [5.41, 5.74) is 2.74. The van der Waals surface area contributed by atoms with Crippen LogP contribution in [0.3, 0.4) is 0 Å². The van der Waals surface area contributed by atoms with E-state index in [1.54, 1.807) is 0 Å². The zero-order chi connectivity index (χ0) is 12.8. The fourth-order valence-electron chi connectivity index (χ4n) is 1.81. The van der Waals surface area contributed by atoms with E-state index in [1.807, 2.05) is 11.8 Å². The fourth-order valence-corrected chi connectivity index (χ4v) is 2.75. The zero-order valence-electron chi connectivity index (χ0n) is 10.9. The summed E-state index contributed by atoms with van der Waals surface area (Å²) in [7, 11) is 0. The summed E-state index contributed by atoms with van der Waals surface area (Å²) >= 11 is 1.81. The monoisotopic (exact) mass is 257 g/mol.